The number of halogens is 4. The monoisotopic (exact) mass is 760 g/mol. The molecular formula is C16H12I4O3. The second kappa shape index (κ2) is 6.82. The molecule has 0 bridgehead atoms. The van der Waals surface area contributed by atoms with Crippen LogP contribution < -0.4 is 4.74 Å². The van der Waals surface area contributed by atoms with Crippen LogP contribution in [0.1, 0.15) is 30.9 Å². The van der Waals surface area contributed by atoms with Crippen molar-refractivity contribution in [3.63, 3.8) is 0 Å². The van der Waals surface area contributed by atoms with E-state index in [0.717, 1.165) is 25.4 Å². The Balaban J connectivity index is 2.35. The van der Waals surface area contributed by atoms with Crippen molar-refractivity contribution >= 4 is 90.4 Å². The number of hydrogen-bond donors (Lipinski definition) is 2. The van der Waals surface area contributed by atoms with Crippen molar-refractivity contribution in [1.29, 1.82) is 0 Å². The van der Waals surface area contributed by atoms with Crippen molar-refractivity contribution in [3.05, 3.63) is 37.5 Å². The van der Waals surface area contributed by atoms with Crippen molar-refractivity contribution in [3.8, 4) is 23.0 Å². The molecule has 0 saturated heterocycles. The quantitative estimate of drug-likeness (QED) is 0.331. The maximum absolute atomic E-state index is 10.3. The van der Waals surface area contributed by atoms with E-state index < -0.39 is 0 Å². The van der Waals surface area contributed by atoms with Gasteiger partial charge in [0.15, 0.2) is 0 Å². The molecule has 3 rings (SSSR count). The SMILES string of the molecule is CC(C)C1c2cc(I)c(O)c(I)c2Oc2c1cc(I)c(O)c2I. The van der Waals surface area contributed by atoms with Crippen LogP contribution in [0.5, 0.6) is 23.0 Å². The zero-order valence-electron chi connectivity index (χ0n) is 12.1. The summed E-state index contributed by atoms with van der Waals surface area (Å²) in [6, 6.07) is 4.02. The van der Waals surface area contributed by atoms with Crippen molar-refractivity contribution in [2.45, 2.75) is 19.8 Å². The second-order valence-corrected chi connectivity index (χ2v) is 10.2. The van der Waals surface area contributed by atoms with Gasteiger partial charge in [0.25, 0.3) is 0 Å². The predicted octanol–water partition coefficient (Wildman–Crippen LogP) is 6.41. The van der Waals surface area contributed by atoms with Gasteiger partial charge in [-0.3, -0.25) is 0 Å². The average Bonchev–Trinajstić information content (AvgIpc) is 2.49. The minimum Gasteiger partial charge on any atom is -0.506 e. The lowest BCUT2D eigenvalue weighted by Crippen LogP contribution is -2.17. The zero-order valence-corrected chi connectivity index (χ0v) is 20.8. The highest BCUT2D eigenvalue weighted by Gasteiger charge is 2.35. The number of aromatic hydroxyl groups is 2. The van der Waals surface area contributed by atoms with E-state index in [9.17, 15) is 10.2 Å². The summed E-state index contributed by atoms with van der Waals surface area (Å²) in [5.74, 6) is 2.44. The van der Waals surface area contributed by atoms with Gasteiger partial charge in [0, 0.05) is 17.0 Å². The van der Waals surface area contributed by atoms with E-state index in [1.165, 1.54) is 0 Å². The van der Waals surface area contributed by atoms with Gasteiger partial charge < -0.3 is 14.9 Å². The van der Waals surface area contributed by atoms with Crippen molar-refractivity contribution < 1.29 is 14.9 Å². The third-order valence-electron chi connectivity index (χ3n) is 3.90. The van der Waals surface area contributed by atoms with E-state index in [0.29, 0.717) is 17.4 Å². The van der Waals surface area contributed by atoms with Crippen LogP contribution >= 0.6 is 90.4 Å². The third kappa shape index (κ3) is 3.04. The van der Waals surface area contributed by atoms with Crippen molar-refractivity contribution in [1.82, 2.24) is 0 Å². The maximum atomic E-state index is 10.3. The fourth-order valence-electron chi connectivity index (χ4n) is 2.88. The molecule has 0 aromatic heterocycles. The van der Waals surface area contributed by atoms with Crippen LogP contribution in [-0.2, 0) is 0 Å². The highest BCUT2D eigenvalue weighted by Crippen LogP contribution is 2.54. The molecule has 0 unspecified atom stereocenters. The number of fused-ring (bicyclic) bond motifs is 2. The summed E-state index contributed by atoms with van der Waals surface area (Å²) in [4.78, 5) is 0. The van der Waals surface area contributed by atoms with Crippen LogP contribution in [0, 0.1) is 20.2 Å². The molecule has 0 amide bonds. The van der Waals surface area contributed by atoms with Crippen LogP contribution in [0.15, 0.2) is 12.1 Å². The van der Waals surface area contributed by atoms with Crippen LogP contribution in [0.4, 0.5) is 0 Å². The van der Waals surface area contributed by atoms with E-state index in [1.54, 1.807) is 0 Å². The van der Waals surface area contributed by atoms with Gasteiger partial charge in [0.2, 0.25) is 0 Å². The third-order valence-corrected chi connectivity index (χ3v) is 7.54. The predicted molar refractivity (Wildman–Crippen MR) is 124 cm³/mol. The molecule has 1 aliphatic rings. The Hall–Kier alpha value is 0.760. The van der Waals surface area contributed by atoms with Crippen LogP contribution in [0.25, 0.3) is 0 Å². The van der Waals surface area contributed by atoms with E-state index in [2.05, 4.69) is 104 Å². The number of phenolic OH excluding ortho intramolecular Hbond substituents is 2. The summed E-state index contributed by atoms with van der Waals surface area (Å²) in [5, 5.41) is 20.5. The minimum absolute atomic E-state index is 0.166. The Morgan fingerprint density at radius 2 is 1.26 bits per heavy atom. The first-order valence-corrected chi connectivity index (χ1v) is 11.1. The average molecular weight is 760 g/mol. The molecule has 122 valence electrons. The maximum Gasteiger partial charge on any atom is 0.148 e. The van der Waals surface area contributed by atoms with Crippen LogP contribution in [-0.4, -0.2) is 10.2 Å². The summed E-state index contributed by atoms with van der Waals surface area (Å²) in [6.45, 7) is 4.37. The molecule has 0 saturated carbocycles. The number of rotatable bonds is 1. The second-order valence-electron chi connectivity index (χ2n) is 5.70. The van der Waals surface area contributed by atoms with E-state index in [-0.39, 0.29) is 17.4 Å². The van der Waals surface area contributed by atoms with Crippen LogP contribution in [0.3, 0.4) is 0 Å². The van der Waals surface area contributed by atoms with Gasteiger partial charge in [-0.05, 0) is 108 Å². The molecule has 1 aliphatic heterocycles. The van der Waals surface area contributed by atoms with Crippen LogP contribution in [0.2, 0.25) is 0 Å². The van der Waals surface area contributed by atoms with Gasteiger partial charge in [-0.2, -0.15) is 0 Å². The smallest absolute Gasteiger partial charge is 0.148 e. The molecular weight excluding hydrogens is 748 g/mol. The van der Waals surface area contributed by atoms with Crippen molar-refractivity contribution in [2.75, 3.05) is 0 Å². The molecule has 2 aromatic rings. The Morgan fingerprint density at radius 1 is 0.870 bits per heavy atom. The number of ether oxygens (including phenoxy) is 1. The van der Waals surface area contributed by atoms with Gasteiger partial charge in [0.05, 0.1) is 14.3 Å². The summed E-state index contributed by atoms with van der Waals surface area (Å²) >= 11 is 8.56. The van der Waals surface area contributed by atoms with E-state index >= 15 is 0 Å². The lowest BCUT2D eigenvalue weighted by atomic mass is 9.80. The van der Waals surface area contributed by atoms with E-state index in [1.807, 2.05) is 12.1 Å². The highest BCUT2D eigenvalue weighted by molar-refractivity contribution is 14.1. The largest absolute Gasteiger partial charge is 0.506 e. The standard InChI is InChI=1S/C16H12I4O3/c1-5(2)10-6-3-8(17)13(21)11(19)15(6)23-16-7(10)4-9(18)14(22)12(16)20/h3-5,10,21-22H,1-2H3. The first-order chi connectivity index (χ1) is 10.7. The summed E-state index contributed by atoms with van der Waals surface area (Å²) < 4.78 is 9.24. The molecule has 0 atom stereocenters. The van der Waals surface area contributed by atoms with E-state index in [4.69, 9.17) is 4.74 Å². The number of hydrogen-bond acceptors (Lipinski definition) is 3. The molecule has 0 fully saturated rings. The Morgan fingerprint density at radius 3 is 1.61 bits per heavy atom. The highest BCUT2D eigenvalue weighted by atomic mass is 127. The topological polar surface area (TPSA) is 49.7 Å². The van der Waals surface area contributed by atoms with Gasteiger partial charge in [-0.1, -0.05) is 13.8 Å². The van der Waals surface area contributed by atoms with Gasteiger partial charge in [0.1, 0.15) is 23.0 Å². The molecule has 3 nitrogen and oxygen atoms in total. The normalized spacial score (nSPS) is 13.7. The fourth-order valence-corrected chi connectivity index (χ4v) is 6.54. The molecule has 1 heterocycles. The number of benzene rings is 2. The lowest BCUT2D eigenvalue weighted by Gasteiger charge is -2.33. The molecule has 0 radical (unpaired) electrons. The van der Waals surface area contributed by atoms with Gasteiger partial charge in [-0.25, -0.2) is 0 Å². The molecule has 2 aromatic carbocycles. The number of phenols is 2. The summed E-state index contributed by atoms with van der Waals surface area (Å²) in [5.41, 5.74) is 2.19. The van der Waals surface area contributed by atoms with Gasteiger partial charge >= 0.3 is 0 Å². The Bertz CT molecular complexity index is 754. The minimum atomic E-state index is 0.166. The molecule has 7 heteroatoms. The zero-order chi connectivity index (χ0) is 17.0. The lowest BCUT2D eigenvalue weighted by molar-refractivity contribution is 0.395. The molecule has 0 aliphatic carbocycles. The summed E-state index contributed by atoms with van der Waals surface area (Å²) in [7, 11) is 0. The fraction of sp³-hybridized carbons (Fsp3) is 0.250. The van der Waals surface area contributed by atoms with Crippen molar-refractivity contribution in [2.24, 2.45) is 5.92 Å². The summed E-state index contributed by atoms with van der Waals surface area (Å²) in [6.07, 6.45) is 0. The molecule has 0 spiro atoms. The first-order valence-electron chi connectivity index (χ1n) is 6.83. The Labute approximate surface area is 189 Å². The molecule has 2 N–H and O–H groups in total. The molecule has 23 heavy (non-hydrogen) atoms. The Kier molecular flexibility index (Phi) is 5.50. The first kappa shape index (κ1) is 18.5. The van der Waals surface area contributed by atoms with Gasteiger partial charge in [-0.15, -0.1) is 0 Å².